The highest BCUT2D eigenvalue weighted by Gasteiger charge is 2.56. The van der Waals surface area contributed by atoms with Crippen molar-refractivity contribution in [1.29, 1.82) is 0 Å². The van der Waals surface area contributed by atoms with E-state index in [1.54, 1.807) is 4.90 Å². The molecule has 1 aromatic heterocycles. The van der Waals surface area contributed by atoms with Crippen molar-refractivity contribution in [1.82, 2.24) is 14.8 Å². The average Bonchev–Trinajstić information content (AvgIpc) is 3.04. The fourth-order valence-electron chi connectivity index (χ4n) is 4.87. The summed E-state index contributed by atoms with van der Waals surface area (Å²) in [4.78, 5) is 32.6. The van der Waals surface area contributed by atoms with E-state index in [2.05, 4.69) is 22.0 Å². The van der Waals surface area contributed by atoms with E-state index in [9.17, 15) is 14.7 Å². The SMILES string of the molecule is CC(C)C[C@@H](C(=O)O)N1C(=O)[C@@H]2Cc3c([nH]c4ccccc34)CN2C1(C)C. The van der Waals surface area contributed by atoms with E-state index in [0.29, 0.717) is 19.4 Å². The predicted molar refractivity (Wildman–Crippen MR) is 103 cm³/mol. The van der Waals surface area contributed by atoms with E-state index in [-0.39, 0.29) is 17.9 Å². The van der Waals surface area contributed by atoms with Gasteiger partial charge >= 0.3 is 5.97 Å². The Morgan fingerprint density at radius 3 is 2.70 bits per heavy atom. The number of fused-ring (bicyclic) bond motifs is 4. The molecule has 0 unspecified atom stereocenters. The van der Waals surface area contributed by atoms with Crippen LogP contribution in [0.25, 0.3) is 10.9 Å². The number of benzene rings is 1. The minimum atomic E-state index is -0.922. The van der Waals surface area contributed by atoms with Gasteiger partial charge in [-0.2, -0.15) is 0 Å². The fraction of sp³-hybridized carbons (Fsp3) is 0.524. The number of carboxylic acid groups (broad SMARTS) is 1. The summed E-state index contributed by atoms with van der Waals surface area (Å²) in [7, 11) is 0. The monoisotopic (exact) mass is 369 g/mol. The van der Waals surface area contributed by atoms with Crippen molar-refractivity contribution >= 4 is 22.8 Å². The molecule has 4 rings (SSSR count). The van der Waals surface area contributed by atoms with E-state index >= 15 is 0 Å². The molecule has 144 valence electrons. The molecule has 2 atom stereocenters. The maximum atomic E-state index is 13.4. The van der Waals surface area contributed by atoms with E-state index in [1.807, 2.05) is 39.8 Å². The molecule has 1 saturated heterocycles. The largest absolute Gasteiger partial charge is 0.480 e. The normalized spacial score (nSPS) is 22.9. The standard InChI is InChI=1S/C21H27N3O3/c1-12(2)9-18(20(26)27)24-19(25)17-10-14-13-7-5-6-8-15(13)22-16(14)11-23(17)21(24,3)4/h5-8,12,17-18,22H,9-11H2,1-4H3,(H,26,27)/t17-,18-/m0/s1. The van der Waals surface area contributed by atoms with Crippen molar-refractivity contribution in [3.8, 4) is 0 Å². The third-order valence-corrected chi connectivity index (χ3v) is 6.11. The molecule has 2 aliphatic heterocycles. The molecule has 2 aromatic rings. The van der Waals surface area contributed by atoms with Crippen LogP contribution >= 0.6 is 0 Å². The van der Waals surface area contributed by atoms with E-state index < -0.39 is 17.7 Å². The zero-order valence-corrected chi connectivity index (χ0v) is 16.3. The number of amides is 1. The summed E-state index contributed by atoms with van der Waals surface area (Å²) in [6, 6.07) is 7.06. The van der Waals surface area contributed by atoms with E-state index in [4.69, 9.17) is 0 Å². The van der Waals surface area contributed by atoms with Gasteiger partial charge in [0.15, 0.2) is 0 Å². The number of aromatic nitrogens is 1. The number of carbonyl (C=O) groups is 2. The summed E-state index contributed by atoms with van der Waals surface area (Å²) < 4.78 is 0. The molecule has 0 radical (unpaired) electrons. The van der Waals surface area contributed by atoms with Gasteiger partial charge in [0.2, 0.25) is 5.91 Å². The third kappa shape index (κ3) is 2.65. The van der Waals surface area contributed by atoms with Gasteiger partial charge in [0.05, 0.1) is 11.7 Å². The second kappa shape index (κ2) is 6.09. The fourth-order valence-corrected chi connectivity index (χ4v) is 4.87. The van der Waals surface area contributed by atoms with Crippen LogP contribution in [0.4, 0.5) is 0 Å². The second-order valence-corrected chi connectivity index (χ2v) is 8.66. The zero-order valence-electron chi connectivity index (χ0n) is 16.3. The number of nitrogens with zero attached hydrogens (tertiary/aromatic N) is 2. The number of H-pyrrole nitrogens is 1. The Morgan fingerprint density at radius 1 is 1.33 bits per heavy atom. The molecule has 1 aromatic carbocycles. The van der Waals surface area contributed by atoms with Crippen LogP contribution in [-0.2, 0) is 22.6 Å². The Bertz CT molecular complexity index is 915. The molecule has 3 heterocycles. The van der Waals surface area contributed by atoms with Crippen molar-refractivity contribution in [2.75, 3.05) is 0 Å². The number of carboxylic acids is 1. The molecule has 27 heavy (non-hydrogen) atoms. The molecule has 0 bridgehead atoms. The number of hydrogen-bond acceptors (Lipinski definition) is 3. The molecule has 1 fully saturated rings. The lowest BCUT2D eigenvalue weighted by atomic mass is 9.96. The molecule has 6 heteroatoms. The average molecular weight is 369 g/mol. The van der Waals surface area contributed by atoms with Crippen LogP contribution in [-0.4, -0.2) is 49.5 Å². The topological polar surface area (TPSA) is 76.6 Å². The van der Waals surface area contributed by atoms with Gasteiger partial charge < -0.3 is 15.0 Å². The van der Waals surface area contributed by atoms with Gasteiger partial charge in [-0.25, -0.2) is 4.79 Å². The quantitative estimate of drug-likeness (QED) is 0.869. The van der Waals surface area contributed by atoms with Gasteiger partial charge in [0.1, 0.15) is 6.04 Å². The third-order valence-electron chi connectivity index (χ3n) is 6.11. The Labute approximate surface area is 159 Å². The highest BCUT2D eigenvalue weighted by atomic mass is 16.4. The van der Waals surface area contributed by atoms with Crippen LogP contribution in [0.3, 0.4) is 0 Å². The maximum absolute atomic E-state index is 13.4. The molecule has 1 amide bonds. The van der Waals surface area contributed by atoms with Crippen molar-refractivity contribution in [3.63, 3.8) is 0 Å². The molecular weight excluding hydrogens is 342 g/mol. The first-order valence-electron chi connectivity index (χ1n) is 9.63. The number of aliphatic carboxylic acids is 1. The van der Waals surface area contributed by atoms with E-state index in [0.717, 1.165) is 16.6 Å². The van der Waals surface area contributed by atoms with Crippen LogP contribution < -0.4 is 0 Å². The van der Waals surface area contributed by atoms with Crippen LogP contribution in [0.15, 0.2) is 24.3 Å². The second-order valence-electron chi connectivity index (χ2n) is 8.66. The van der Waals surface area contributed by atoms with Crippen LogP contribution in [0.5, 0.6) is 0 Å². The Hall–Kier alpha value is -2.34. The highest BCUT2D eigenvalue weighted by Crippen LogP contribution is 2.42. The first kappa shape index (κ1) is 18.0. The Morgan fingerprint density at radius 2 is 2.04 bits per heavy atom. The molecule has 0 spiro atoms. The molecule has 2 aliphatic rings. The van der Waals surface area contributed by atoms with Gasteiger partial charge in [-0.1, -0.05) is 32.0 Å². The number of para-hydroxylation sites is 1. The summed E-state index contributed by atoms with van der Waals surface area (Å²) in [6.45, 7) is 8.54. The summed E-state index contributed by atoms with van der Waals surface area (Å²) in [5, 5.41) is 11.0. The molecule has 0 aliphatic carbocycles. The lowest BCUT2D eigenvalue weighted by Gasteiger charge is -2.42. The number of carbonyl (C=O) groups excluding carboxylic acids is 1. The number of rotatable bonds is 4. The van der Waals surface area contributed by atoms with Gasteiger partial charge in [-0.3, -0.25) is 9.69 Å². The number of nitrogens with one attached hydrogen (secondary N) is 1. The van der Waals surface area contributed by atoms with Gasteiger partial charge in [0, 0.05) is 23.1 Å². The lowest BCUT2D eigenvalue weighted by molar-refractivity contribution is -0.154. The molecule has 0 saturated carbocycles. The van der Waals surface area contributed by atoms with E-state index in [1.165, 1.54) is 5.56 Å². The summed E-state index contributed by atoms with van der Waals surface area (Å²) in [6.07, 6.45) is 1.07. The van der Waals surface area contributed by atoms with Gasteiger partial charge in [-0.15, -0.1) is 0 Å². The van der Waals surface area contributed by atoms with Gasteiger partial charge in [-0.05, 0) is 44.2 Å². The lowest BCUT2D eigenvalue weighted by Crippen LogP contribution is -2.56. The first-order valence-corrected chi connectivity index (χ1v) is 9.63. The van der Waals surface area contributed by atoms with Crippen LogP contribution in [0, 0.1) is 5.92 Å². The van der Waals surface area contributed by atoms with Crippen molar-refractivity contribution in [2.24, 2.45) is 5.92 Å². The summed E-state index contributed by atoms with van der Waals surface area (Å²) in [5.74, 6) is -0.790. The Balaban J connectivity index is 1.74. The summed E-state index contributed by atoms with van der Waals surface area (Å²) in [5.41, 5.74) is 2.77. The number of aromatic amines is 1. The molecule has 2 N–H and O–H groups in total. The molecular formula is C21H27N3O3. The minimum Gasteiger partial charge on any atom is -0.480 e. The summed E-state index contributed by atoms with van der Waals surface area (Å²) >= 11 is 0. The molecule has 6 nitrogen and oxygen atoms in total. The van der Waals surface area contributed by atoms with Crippen LogP contribution in [0.2, 0.25) is 0 Å². The zero-order chi connectivity index (χ0) is 19.5. The Kier molecular flexibility index (Phi) is 4.07. The minimum absolute atomic E-state index is 0.0658. The van der Waals surface area contributed by atoms with Crippen molar-refractivity contribution in [3.05, 3.63) is 35.5 Å². The number of hydrogen-bond donors (Lipinski definition) is 2. The van der Waals surface area contributed by atoms with Crippen LogP contribution in [0.1, 0.15) is 45.4 Å². The highest BCUT2D eigenvalue weighted by molar-refractivity contribution is 5.92. The predicted octanol–water partition coefficient (Wildman–Crippen LogP) is 2.97. The maximum Gasteiger partial charge on any atom is 0.326 e. The smallest absolute Gasteiger partial charge is 0.326 e. The van der Waals surface area contributed by atoms with Crippen molar-refractivity contribution in [2.45, 2.75) is 64.8 Å². The van der Waals surface area contributed by atoms with Gasteiger partial charge in [0.25, 0.3) is 0 Å². The first-order chi connectivity index (χ1) is 12.7. The van der Waals surface area contributed by atoms with Crippen molar-refractivity contribution < 1.29 is 14.7 Å².